The summed E-state index contributed by atoms with van der Waals surface area (Å²) < 4.78 is 39.7. The molecule has 9 heteroatoms. The van der Waals surface area contributed by atoms with Gasteiger partial charge >= 0.3 is 12.1 Å². The van der Waals surface area contributed by atoms with Crippen molar-refractivity contribution in [1.82, 2.24) is 9.36 Å². The molecule has 5 nitrogen and oxygen atoms in total. The zero-order chi connectivity index (χ0) is 13.2. The van der Waals surface area contributed by atoms with Crippen LogP contribution >= 0.6 is 11.5 Å². The number of alkyl halides is 3. The van der Waals surface area contributed by atoms with Gasteiger partial charge < -0.3 is 10.4 Å². The molecule has 1 heterocycles. The van der Waals surface area contributed by atoms with Gasteiger partial charge in [0.2, 0.25) is 11.0 Å². The summed E-state index contributed by atoms with van der Waals surface area (Å²) in [5, 5.41) is 11.1. The normalized spacial score (nSPS) is 13.8. The van der Waals surface area contributed by atoms with Crippen LogP contribution in [0.1, 0.15) is 19.7 Å². The molecule has 0 saturated heterocycles. The van der Waals surface area contributed by atoms with E-state index in [-0.39, 0.29) is 11.0 Å². The topological polar surface area (TPSA) is 75.1 Å². The fraction of sp³-hybridized carbons (Fsp3) is 0.625. The van der Waals surface area contributed by atoms with Gasteiger partial charge in [-0.2, -0.15) is 22.5 Å². The van der Waals surface area contributed by atoms with Crippen molar-refractivity contribution in [3.05, 3.63) is 5.82 Å². The van der Waals surface area contributed by atoms with Gasteiger partial charge in [-0.1, -0.05) is 13.8 Å². The van der Waals surface area contributed by atoms with Gasteiger partial charge in [-0.05, 0) is 5.92 Å². The smallest absolute Gasteiger partial charge is 0.452 e. The lowest BCUT2D eigenvalue weighted by molar-refractivity contribution is -0.144. The molecule has 0 unspecified atom stereocenters. The molecule has 0 bridgehead atoms. The first-order valence-corrected chi connectivity index (χ1v) is 5.39. The van der Waals surface area contributed by atoms with Crippen LogP contribution < -0.4 is 5.32 Å². The molecule has 0 spiro atoms. The molecule has 2 N–H and O–H groups in total. The van der Waals surface area contributed by atoms with E-state index >= 15 is 0 Å². The minimum absolute atomic E-state index is 0.154. The molecule has 1 atom stereocenters. The summed E-state index contributed by atoms with van der Waals surface area (Å²) in [6.45, 7) is 3.27. The molecule has 0 aliphatic rings. The van der Waals surface area contributed by atoms with Crippen LogP contribution in [-0.2, 0) is 11.0 Å². The average molecular weight is 269 g/mol. The summed E-state index contributed by atoms with van der Waals surface area (Å²) in [5.74, 6) is -2.70. The number of aromatic nitrogens is 2. The minimum atomic E-state index is -4.62. The number of nitrogens with one attached hydrogen (secondary N) is 1. The molecule has 0 aromatic carbocycles. The molecular formula is C8H10F3N3O2S. The lowest BCUT2D eigenvalue weighted by atomic mass is 10.1. The Morgan fingerprint density at radius 1 is 1.47 bits per heavy atom. The van der Waals surface area contributed by atoms with Crippen molar-refractivity contribution >= 4 is 22.6 Å². The van der Waals surface area contributed by atoms with Crippen molar-refractivity contribution in [3.8, 4) is 0 Å². The van der Waals surface area contributed by atoms with Crippen LogP contribution in [0.25, 0.3) is 0 Å². The maximum atomic E-state index is 12.2. The third-order valence-corrected chi connectivity index (χ3v) is 2.54. The molecule has 0 saturated carbocycles. The SMILES string of the molecule is CC(C)[C@H](Nc1nc(C(F)(F)F)ns1)C(=O)O. The van der Waals surface area contributed by atoms with Gasteiger partial charge in [-0.15, -0.1) is 0 Å². The number of carboxylic acids is 1. The van der Waals surface area contributed by atoms with E-state index in [4.69, 9.17) is 5.11 Å². The molecule has 0 aliphatic heterocycles. The van der Waals surface area contributed by atoms with Crippen LogP contribution in [0.15, 0.2) is 0 Å². The van der Waals surface area contributed by atoms with Crippen LogP contribution in [0, 0.1) is 5.92 Å². The Labute approximate surface area is 98.8 Å². The van der Waals surface area contributed by atoms with Crippen molar-refractivity contribution in [2.45, 2.75) is 26.1 Å². The Kier molecular flexibility index (Phi) is 3.91. The van der Waals surface area contributed by atoms with Gasteiger partial charge in [0, 0.05) is 11.5 Å². The standard InChI is InChI=1S/C8H10F3N3O2S/c1-3(2)4(5(15)16)12-7-13-6(14-17-7)8(9,10)11/h3-4H,1-2H3,(H,15,16)(H,12,13,14)/t4-/m0/s1. The fourth-order valence-electron chi connectivity index (χ4n) is 1.04. The Morgan fingerprint density at radius 2 is 2.06 bits per heavy atom. The molecule has 1 rings (SSSR count). The van der Waals surface area contributed by atoms with Gasteiger partial charge in [-0.3, -0.25) is 0 Å². The summed E-state index contributed by atoms with van der Waals surface area (Å²) in [7, 11) is 0. The molecule has 0 amide bonds. The number of anilines is 1. The number of halogens is 3. The second-order valence-electron chi connectivity index (χ2n) is 3.63. The van der Waals surface area contributed by atoms with E-state index in [0.29, 0.717) is 11.5 Å². The zero-order valence-corrected chi connectivity index (χ0v) is 9.76. The lowest BCUT2D eigenvalue weighted by Gasteiger charge is -2.16. The Morgan fingerprint density at radius 3 is 2.41 bits per heavy atom. The molecule has 17 heavy (non-hydrogen) atoms. The quantitative estimate of drug-likeness (QED) is 0.875. The highest BCUT2D eigenvalue weighted by molar-refractivity contribution is 7.09. The van der Waals surface area contributed by atoms with E-state index in [2.05, 4.69) is 14.7 Å². The lowest BCUT2D eigenvalue weighted by Crippen LogP contribution is -2.34. The summed E-state index contributed by atoms with van der Waals surface area (Å²) in [6, 6.07) is -0.996. The zero-order valence-electron chi connectivity index (χ0n) is 8.95. The molecular weight excluding hydrogens is 259 g/mol. The first kappa shape index (κ1) is 13.7. The number of aliphatic carboxylic acids is 1. The highest BCUT2D eigenvalue weighted by atomic mass is 32.1. The number of carbonyl (C=O) groups is 1. The maximum absolute atomic E-state index is 12.2. The molecule has 96 valence electrons. The van der Waals surface area contributed by atoms with Gasteiger partial charge in [0.25, 0.3) is 0 Å². The summed E-state index contributed by atoms with van der Waals surface area (Å²) in [5.41, 5.74) is 0. The van der Waals surface area contributed by atoms with Crippen molar-refractivity contribution in [3.63, 3.8) is 0 Å². The summed E-state index contributed by atoms with van der Waals surface area (Å²) in [4.78, 5) is 14.0. The third-order valence-electron chi connectivity index (χ3n) is 1.89. The summed E-state index contributed by atoms with van der Waals surface area (Å²) in [6.07, 6.45) is -4.62. The predicted octanol–water partition coefficient (Wildman–Crippen LogP) is 2.08. The van der Waals surface area contributed by atoms with Gasteiger partial charge in [-0.25, -0.2) is 4.79 Å². The average Bonchev–Trinajstić information content (AvgIpc) is 2.60. The minimum Gasteiger partial charge on any atom is -0.480 e. The van der Waals surface area contributed by atoms with Gasteiger partial charge in [0.1, 0.15) is 6.04 Å². The molecule has 0 fully saturated rings. The van der Waals surface area contributed by atoms with E-state index in [1.165, 1.54) is 0 Å². The molecule has 1 aromatic heterocycles. The molecule has 1 aromatic rings. The number of carboxylic acid groups (broad SMARTS) is 1. The van der Waals surface area contributed by atoms with Crippen molar-refractivity contribution < 1.29 is 23.1 Å². The van der Waals surface area contributed by atoms with E-state index in [9.17, 15) is 18.0 Å². The highest BCUT2D eigenvalue weighted by Gasteiger charge is 2.36. The van der Waals surface area contributed by atoms with Gasteiger partial charge in [0.05, 0.1) is 0 Å². The summed E-state index contributed by atoms with van der Waals surface area (Å²) >= 11 is 0.484. The monoisotopic (exact) mass is 269 g/mol. The van der Waals surface area contributed by atoms with Crippen LogP contribution in [0.3, 0.4) is 0 Å². The highest BCUT2D eigenvalue weighted by Crippen LogP contribution is 2.29. The van der Waals surface area contributed by atoms with E-state index in [1.54, 1.807) is 13.8 Å². The van der Waals surface area contributed by atoms with Gasteiger partial charge in [0.15, 0.2) is 0 Å². The number of rotatable bonds is 4. The van der Waals surface area contributed by atoms with Crippen LogP contribution in [0.5, 0.6) is 0 Å². The first-order chi connectivity index (χ1) is 7.71. The van der Waals surface area contributed by atoms with Crippen LogP contribution in [-0.4, -0.2) is 26.5 Å². The largest absolute Gasteiger partial charge is 0.480 e. The first-order valence-electron chi connectivity index (χ1n) is 4.62. The van der Waals surface area contributed by atoms with E-state index in [0.717, 1.165) is 0 Å². The number of hydrogen-bond acceptors (Lipinski definition) is 5. The van der Waals surface area contributed by atoms with E-state index in [1.807, 2.05) is 0 Å². The molecule has 0 radical (unpaired) electrons. The Bertz CT molecular complexity index is 405. The maximum Gasteiger partial charge on any atom is 0.452 e. The van der Waals surface area contributed by atoms with Crippen LogP contribution in [0.4, 0.5) is 18.3 Å². The van der Waals surface area contributed by atoms with Crippen molar-refractivity contribution in [2.75, 3.05) is 5.32 Å². The van der Waals surface area contributed by atoms with Crippen molar-refractivity contribution in [1.29, 1.82) is 0 Å². The second kappa shape index (κ2) is 4.86. The number of nitrogens with zero attached hydrogens (tertiary/aromatic N) is 2. The Balaban J connectivity index is 2.81. The predicted molar refractivity (Wildman–Crippen MR) is 54.8 cm³/mol. The van der Waals surface area contributed by atoms with Crippen molar-refractivity contribution in [2.24, 2.45) is 5.92 Å². The fourth-order valence-corrected chi connectivity index (χ4v) is 1.67. The van der Waals surface area contributed by atoms with E-state index < -0.39 is 24.0 Å². The molecule has 0 aliphatic carbocycles. The third kappa shape index (κ3) is 3.55. The second-order valence-corrected chi connectivity index (χ2v) is 4.38. The van der Waals surface area contributed by atoms with Crippen LogP contribution in [0.2, 0.25) is 0 Å². The Hall–Kier alpha value is -1.38. The number of hydrogen-bond donors (Lipinski definition) is 2.